The summed E-state index contributed by atoms with van der Waals surface area (Å²) in [6.07, 6.45) is 4.43. The van der Waals surface area contributed by atoms with Crippen LogP contribution in [-0.2, 0) is 0 Å². The second-order valence-corrected chi connectivity index (χ2v) is 5.35. The van der Waals surface area contributed by atoms with E-state index in [4.69, 9.17) is 0 Å². The van der Waals surface area contributed by atoms with Crippen molar-refractivity contribution in [1.82, 2.24) is 20.4 Å². The van der Waals surface area contributed by atoms with Crippen LogP contribution < -0.4 is 10.6 Å². The number of amides is 1. The Bertz CT molecular complexity index is 405. The molecule has 6 nitrogen and oxygen atoms in total. The van der Waals surface area contributed by atoms with Crippen LogP contribution in [0.3, 0.4) is 0 Å². The number of nitrogens with one attached hydrogen (secondary N) is 2. The molecule has 6 heteroatoms. The van der Waals surface area contributed by atoms with Crippen LogP contribution in [-0.4, -0.2) is 54.7 Å². The molecule has 0 radical (unpaired) electrons. The van der Waals surface area contributed by atoms with Gasteiger partial charge in [0.1, 0.15) is 5.82 Å². The molecule has 118 valence electrons. The third kappa shape index (κ3) is 7.60. The normalized spacial score (nSPS) is 10.7. The molecule has 0 saturated carbocycles. The summed E-state index contributed by atoms with van der Waals surface area (Å²) in [6, 6.07) is 3.50. The first-order chi connectivity index (χ1) is 10.1. The predicted octanol–water partition coefficient (Wildman–Crippen LogP) is 1.76. The van der Waals surface area contributed by atoms with E-state index >= 15 is 0 Å². The Morgan fingerprint density at radius 3 is 2.57 bits per heavy atom. The highest BCUT2D eigenvalue weighted by molar-refractivity contribution is 5.92. The van der Waals surface area contributed by atoms with Gasteiger partial charge in [-0.2, -0.15) is 0 Å². The summed E-state index contributed by atoms with van der Waals surface area (Å²) in [7, 11) is 4.03. The van der Waals surface area contributed by atoms with E-state index in [1.54, 1.807) is 12.1 Å². The summed E-state index contributed by atoms with van der Waals surface area (Å²) in [5.74, 6) is 0.550. The molecule has 0 aromatic carbocycles. The third-order valence-corrected chi connectivity index (χ3v) is 3.05. The first-order valence-electron chi connectivity index (χ1n) is 7.64. The molecule has 0 aliphatic carbocycles. The molecular weight excluding hydrogens is 266 g/mol. The number of nitrogens with zero attached hydrogens (tertiary/aromatic N) is 3. The third-order valence-electron chi connectivity index (χ3n) is 3.05. The quantitative estimate of drug-likeness (QED) is 0.643. The van der Waals surface area contributed by atoms with Crippen molar-refractivity contribution in [2.75, 3.05) is 39.0 Å². The fourth-order valence-electron chi connectivity index (χ4n) is 1.83. The van der Waals surface area contributed by atoms with E-state index in [0.29, 0.717) is 12.2 Å². The van der Waals surface area contributed by atoms with Crippen LogP contribution in [0, 0.1) is 0 Å². The summed E-state index contributed by atoms with van der Waals surface area (Å²) in [5.41, 5.74) is 0.360. The Morgan fingerprint density at radius 2 is 1.95 bits per heavy atom. The molecule has 1 heterocycles. The van der Waals surface area contributed by atoms with E-state index in [1.807, 2.05) is 14.1 Å². The fraction of sp³-hybridized carbons (Fsp3) is 0.667. The molecule has 0 fully saturated rings. The molecule has 0 aliphatic rings. The van der Waals surface area contributed by atoms with Crippen LogP contribution in [0.2, 0.25) is 0 Å². The van der Waals surface area contributed by atoms with Gasteiger partial charge in [-0.25, -0.2) is 0 Å². The number of carbonyl (C=O) groups excluding carboxylic acids is 1. The van der Waals surface area contributed by atoms with E-state index in [2.05, 4.69) is 32.7 Å². The first kappa shape index (κ1) is 17.4. The Labute approximate surface area is 127 Å². The molecule has 2 N–H and O–H groups in total. The van der Waals surface area contributed by atoms with Gasteiger partial charge in [-0.05, 0) is 45.6 Å². The van der Waals surface area contributed by atoms with Crippen molar-refractivity contribution < 1.29 is 4.79 Å². The van der Waals surface area contributed by atoms with Crippen LogP contribution >= 0.6 is 0 Å². The summed E-state index contributed by atoms with van der Waals surface area (Å²) in [4.78, 5) is 13.9. The van der Waals surface area contributed by atoms with Gasteiger partial charge < -0.3 is 15.5 Å². The molecule has 1 aromatic heterocycles. The molecule has 0 bridgehead atoms. The lowest BCUT2D eigenvalue weighted by Gasteiger charge is -2.09. The number of rotatable bonds is 10. The van der Waals surface area contributed by atoms with E-state index < -0.39 is 0 Å². The highest BCUT2D eigenvalue weighted by atomic mass is 16.1. The van der Waals surface area contributed by atoms with Gasteiger partial charge in [-0.3, -0.25) is 4.79 Å². The molecular formula is C15H27N5O. The SMILES string of the molecule is CCCCCNc1ccc(C(=O)NCCCN(C)C)nn1. The smallest absolute Gasteiger partial charge is 0.271 e. The van der Waals surface area contributed by atoms with Crippen molar-refractivity contribution in [2.45, 2.75) is 32.6 Å². The maximum Gasteiger partial charge on any atom is 0.271 e. The average molecular weight is 293 g/mol. The minimum Gasteiger partial charge on any atom is -0.369 e. The topological polar surface area (TPSA) is 70.2 Å². The van der Waals surface area contributed by atoms with Crippen LogP contribution in [0.15, 0.2) is 12.1 Å². The maximum absolute atomic E-state index is 11.9. The van der Waals surface area contributed by atoms with Crippen molar-refractivity contribution in [2.24, 2.45) is 0 Å². The van der Waals surface area contributed by atoms with Crippen LogP contribution in [0.5, 0.6) is 0 Å². The van der Waals surface area contributed by atoms with E-state index in [9.17, 15) is 4.79 Å². The number of hydrogen-bond acceptors (Lipinski definition) is 5. The molecule has 0 aliphatic heterocycles. The van der Waals surface area contributed by atoms with Gasteiger partial charge in [-0.15, -0.1) is 10.2 Å². The monoisotopic (exact) mass is 293 g/mol. The molecule has 1 amide bonds. The summed E-state index contributed by atoms with van der Waals surface area (Å²) < 4.78 is 0. The summed E-state index contributed by atoms with van der Waals surface area (Å²) >= 11 is 0. The van der Waals surface area contributed by atoms with Crippen molar-refractivity contribution in [3.63, 3.8) is 0 Å². The maximum atomic E-state index is 11.9. The Kier molecular flexibility index (Phi) is 8.35. The lowest BCUT2D eigenvalue weighted by Crippen LogP contribution is -2.28. The van der Waals surface area contributed by atoms with Gasteiger partial charge in [0.15, 0.2) is 5.69 Å². The molecule has 21 heavy (non-hydrogen) atoms. The minimum atomic E-state index is -0.168. The second kappa shape index (κ2) is 10.1. The molecule has 1 aromatic rings. The Balaban J connectivity index is 2.30. The van der Waals surface area contributed by atoms with Gasteiger partial charge in [0.2, 0.25) is 0 Å². The summed E-state index contributed by atoms with van der Waals surface area (Å²) in [6.45, 7) is 4.66. The van der Waals surface area contributed by atoms with Gasteiger partial charge >= 0.3 is 0 Å². The zero-order chi connectivity index (χ0) is 15.5. The van der Waals surface area contributed by atoms with E-state index in [1.165, 1.54) is 12.8 Å². The molecule has 1 rings (SSSR count). The Morgan fingerprint density at radius 1 is 1.14 bits per heavy atom. The largest absolute Gasteiger partial charge is 0.369 e. The molecule has 0 spiro atoms. The zero-order valence-electron chi connectivity index (χ0n) is 13.4. The number of carbonyl (C=O) groups is 1. The van der Waals surface area contributed by atoms with Crippen molar-refractivity contribution in [3.05, 3.63) is 17.8 Å². The van der Waals surface area contributed by atoms with Gasteiger partial charge in [-0.1, -0.05) is 19.8 Å². The van der Waals surface area contributed by atoms with Crippen molar-refractivity contribution in [3.8, 4) is 0 Å². The standard InChI is InChI=1S/C15H27N5O/c1-4-5-6-10-16-14-9-8-13(18-19-14)15(21)17-11-7-12-20(2)3/h8-9H,4-7,10-12H2,1-3H3,(H,16,19)(H,17,21). The number of unbranched alkanes of at least 4 members (excludes halogenated alkanes) is 2. The zero-order valence-corrected chi connectivity index (χ0v) is 13.4. The van der Waals surface area contributed by atoms with Gasteiger partial charge in [0, 0.05) is 13.1 Å². The molecule has 0 atom stereocenters. The predicted molar refractivity (Wildman–Crippen MR) is 85.6 cm³/mol. The lowest BCUT2D eigenvalue weighted by atomic mass is 10.2. The molecule has 0 saturated heterocycles. The van der Waals surface area contributed by atoms with Gasteiger partial charge in [0.25, 0.3) is 5.91 Å². The van der Waals surface area contributed by atoms with Crippen LogP contribution in [0.4, 0.5) is 5.82 Å². The van der Waals surface area contributed by atoms with Crippen LogP contribution in [0.1, 0.15) is 43.1 Å². The average Bonchev–Trinajstić information content (AvgIpc) is 2.48. The lowest BCUT2D eigenvalue weighted by molar-refractivity contribution is 0.0946. The minimum absolute atomic E-state index is 0.168. The number of hydrogen-bond donors (Lipinski definition) is 2. The highest BCUT2D eigenvalue weighted by Gasteiger charge is 2.07. The van der Waals surface area contributed by atoms with E-state index in [-0.39, 0.29) is 5.91 Å². The van der Waals surface area contributed by atoms with Crippen molar-refractivity contribution >= 4 is 11.7 Å². The fourth-order valence-corrected chi connectivity index (χ4v) is 1.83. The highest BCUT2D eigenvalue weighted by Crippen LogP contribution is 2.03. The van der Waals surface area contributed by atoms with Gasteiger partial charge in [0.05, 0.1) is 0 Å². The molecule has 0 unspecified atom stereocenters. The second-order valence-electron chi connectivity index (χ2n) is 5.35. The number of anilines is 1. The first-order valence-corrected chi connectivity index (χ1v) is 7.64. The Hall–Kier alpha value is -1.69. The summed E-state index contributed by atoms with van der Waals surface area (Å²) in [5, 5.41) is 14.0. The number of aromatic nitrogens is 2. The van der Waals surface area contributed by atoms with Crippen molar-refractivity contribution in [1.29, 1.82) is 0 Å². The van der Waals surface area contributed by atoms with E-state index in [0.717, 1.165) is 31.7 Å². The van der Waals surface area contributed by atoms with Crippen LogP contribution in [0.25, 0.3) is 0 Å².